The summed E-state index contributed by atoms with van der Waals surface area (Å²) in [6.45, 7) is 10.1. The maximum absolute atomic E-state index is 13.0. The Labute approximate surface area is 376 Å². The number of hydrogen-bond donors (Lipinski definition) is 8. The van der Waals surface area contributed by atoms with Gasteiger partial charge in [-0.15, -0.1) is 0 Å². The van der Waals surface area contributed by atoms with E-state index < -0.39 is 35.7 Å². The summed E-state index contributed by atoms with van der Waals surface area (Å²) >= 11 is 0. The van der Waals surface area contributed by atoms with Gasteiger partial charge in [-0.05, 0) is 138 Å². The van der Waals surface area contributed by atoms with Crippen molar-refractivity contribution in [3.05, 3.63) is 106 Å². The Morgan fingerprint density at radius 1 is 1.13 bits per heavy atom. The smallest absolute Gasteiger partial charge is 0.145 e. The van der Waals surface area contributed by atoms with E-state index in [0.717, 1.165) is 61.7 Å². The van der Waals surface area contributed by atoms with E-state index >= 15 is 0 Å². The number of carbonyl (C=O) groups is 1. The molecule has 11 heteroatoms. The molecule has 2 saturated carbocycles. The fourth-order valence-electron chi connectivity index (χ4n) is 11.6. The first-order valence-corrected chi connectivity index (χ1v) is 23.4. The summed E-state index contributed by atoms with van der Waals surface area (Å²) in [5.41, 5.74) is 4.55. The van der Waals surface area contributed by atoms with E-state index in [4.69, 9.17) is 9.47 Å². The first-order valence-electron chi connectivity index (χ1n) is 23.4. The highest BCUT2D eigenvalue weighted by atomic mass is 16.5. The minimum atomic E-state index is -1.27. The van der Waals surface area contributed by atoms with E-state index in [0.29, 0.717) is 57.2 Å². The van der Waals surface area contributed by atoms with Gasteiger partial charge in [0.2, 0.25) is 0 Å². The molecule has 8 N–H and O–H groups in total. The highest BCUT2D eigenvalue weighted by Crippen LogP contribution is 2.67. The molecule has 0 aromatic heterocycles. The van der Waals surface area contributed by atoms with Crippen LogP contribution >= 0.6 is 0 Å². The maximum atomic E-state index is 13.0. The zero-order chi connectivity index (χ0) is 45.6. The van der Waals surface area contributed by atoms with Gasteiger partial charge in [0, 0.05) is 56.3 Å². The molecule has 1 aromatic carbocycles. The number of carbonyl (C=O) groups excluding carboxylic acids is 1. The van der Waals surface area contributed by atoms with Gasteiger partial charge in [-0.25, -0.2) is 0 Å². The summed E-state index contributed by atoms with van der Waals surface area (Å²) < 4.78 is 11.6. The van der Waals surface area contributed by atoms with Crippen LogP contribution in [0.3, 0.4) is 0 Å². The molecule has 3 aliphatic carbocycles. The molecule has 4 aliphatic rings. The van der Waals surface area contributed by atoms with Crippen molar-refractivity contribution in [1.29, 1.82) is 0 Å². The summed E-state index contributed by atoms with van der Waals surface area (Å²) in [5.74, 6) is -0.996. The van der Waals surface area contributed by atoms with Gasteiger partial charge >= 0.3 is 0 Å². The molecule has 10 atom stereocenters. The second-order valence-corrected chi connectivity index (χ2v) is 19.0. The molecule has 2 fully saturated rings. The normalized spacial score (nSPS) is 33.4. The van der Waals surface area contributed by atoms with E-state index in [1.807, 2.05) is 32.2 Å². The predicted octanol–water partition coefficient (Wildman–Crippen LogP) is 5.10. The van der Waals surface area contributed by atoms with Crippen molar-refractivity contribution in [3.8, 4) is 0 Å². The number of fused-ring (bicyclic) bond motifs is 5. The van der Waals surface area contributed by atoms with Crippen molar-refractivity contribution in [2.75, 3.05) is 66.9 Å². The van der Waals surface area contributed by atoms with Gasteiger partial charge < -0.3 is 50.7 Å². The van der Waals surface area contributed by atoms with Crippen LogP contribution in [-0.4, -0.2) is 127 Å². The quantitative estimate of drug-likeness (QED) is 0.0357. The number of rotatable bonds is 21. The lowest BCUT2D eigenvalue weighted by Crippen LogP contribution is -2.65. The highest BCUT2D eigenvalue weighted by Gasteiger charge is 2.68. The molecular formula is C52H78N2O9. The lowest BCUT2D eigenvalue weighted by molar-refractivity contribution is -0.194. The zero-order valence-corrected chi connectivity index (χ0v) is 38.4. The summed E-state index contributed by atoms with van der Waals surface area (Å²) in [6.07, 6.45) is 18.4. The van der Waals surface area contributed by atoms with Crippen molar-refractivity contribution in [2.45, 2.75) is 108 Å². The number of aliphatic hydroxyl groups is 6. The molecule has 11 nitrogen and oxygen atoms in total. The van der Waals surface area contributed by atoms with Crippen LogP contribution in [0.5, 0.6) is 0 Å². The zero-order valence-electron chi connectivity index (χ0n) is 38.4. The molecule has 1 spiro atoms. The number of allylic oxidation sites excluding steroid dienone is 9. The molecular weight excluding hydrogens is 797 g/mol. The Bertz CT molecular complexity index is 1810. The van der Waals surface area contributed by atoms with E-state index in [-0.39, 0.29) is 55.6 Å². The molecule has 1 heterocycles. The Morgan fingerprint density at radius 2 is 1.92 bits per heavy atom. The van der Waals surface area contributed by atoms with Gasteiger partial charge in [0.05, 0.1) is 31.5 Å². The fourth-order valence-corrected chi connectivity index (χ4v) is 11.6. The van der Waals surface area contributed by atoms with Crippen LogP contribution in [0.15, 0.2) is 95.2 Å². The standard InChI is InChI=1S/C52H78N2O9/c1-36-13-14-42(28-39-10-7-11-40(27-39)29-50(54-31-36,19-8-24-55)22-26-62-5)37(2)9-6-12-44(34-63-35-45(59)33-58)46-17-20-52(49(46)60)48-41(18-25-56)15-16-43(47(48)38(3)32-57)30-51(52,61)21-23-53-4/h6-7,9-13,15-16,27,32,41-43,45-46,48-49,53-56,58-61H,2,8,14,17-26,28-31,33-35H2,1,3-5H3/b9-6+,36-13+,44-12-,47-38?/t41-,42-,43-,45+,46-,48-,49+,50+,51+,52+/m0/s1. The third-order valence-corrected chi connectivity index (χ3v) is 14.9. The number of aliphatic hydroxyl groups excluding tert-OH is 5. The van der Waals surface area contributed by atoms with Crippen molar-refractivity contribution in [3.63, 3.8) is 0 Å². The third-order valence-electron chi connectivity index (χ3n) is 14.9. The number of hydrogen-bond acceptors (Lipinski definition) is 11. The van der Waals surface area contributed by atoms with Crippen LogP contribution in [0.1, 0.15) is 82.8 Å². The van der Waals surface area contributed by atoms with Gasteiger partial charge in [-0.1, -0.05) is 84.0 Å². The van der Waals surface area contributed by atoms with Crippen LogP contribution in [0.4, 0.5) is 0 Å². The number of ether oxygens (including phenoxy) is 2. The highest BCUT2D eigenvalue weighted by molar-refractivity contribution is 5.74. The first-order chi connectivity index (χ1) is 30.3. The van der Waals surface area contributed by atoms with Crippen LogP contribution in [0, 0.1) is 35.0 Å². The minimum Gasteiger partial charge on any atom is -0.396 e. The molecule has 5 rings (SSSR count). The third kappa shape index (κ3) is 12.0. The fraction of sp³-hybridized carbons (Fsp3) is 0.635. The molecule has 4 bridgehead atoms. The first kappa shape index (κ1) is 50.9. The summed E-state index contributed by atoms with van der Waals surface area (Å²) in [7, 11) is 3.59. The average Bonchev–Trinajstić information content (AvgIpc) is 3.63. The summed E-state index contributed by atoms with van der Waals surface area (Å²) in [5, 5.41) is 72.8. The number of benzene rings is 1. The number of nitrogens with one attached hydrogen (secondary N) is 2. The lowest BCUT2D eigenvalue weighted by atomic mass is 9.45. The minimum absolute atomic E-state index is 0.0608. The van der Waals surface area contributed by atoms with Gasteiger partial charge in [0.15, 0.2) is 0 Å². The topological polar surface area (TPSA) is 181 Å². The average molecular weight is 875 g/mol. The van der Waals surface area contributed by atoms with E-state index in [2.05, 4.69) is 66.6 Å². The molecule has 63 heavy (non-hydrogen) atoms. The van der Waals surface area contributed by atoms with Crippen molar-refractivity contribution >= 4 is 6.29 Å². The Morgan fingerprint density at radius 3 is 2.63 bits per heavy atom. The molecule has 0 saturated heterocycles. The predicted molar refractivity (Wildman–Crippen MR) is 249 cm³/mol. The van der Waals surface area contributed by atoms with Gasteiger partial charge in [0.1, 0.15) is 12.4 Å². The second-order valence-electron chi connectivity index (χ2n) is 19.0. The lowest BCUT2D eigenvalue weighted by Gasteiger charge is -2.61. The second kappa shape index (κ2) is 23.9. The Balaban J connectivity index is 1.48. The van der Waals surface area contributed by atoms with Crippen LogP contribution in [0.2, 0.25) is 0 Å². The van der Waals surface area contributed by atoms with Crippen LogP contribution in [-0.2, 0) is 27.1 Å². The molecule has 1 aromatic rings. The van der Waals surface area contributed by atoms with E-state index in [1.165, 1.54) is 16.7 Å². The molecule has 1 aliphatic heterocycles. The Hall–Kier alpha value is -3.07. The van der Waals surface area contributed by atoms with E-state index in [1.54, 1.807) is 7.11 Å². The van der Waals surface area contributed by atoms with Crippen molar-refractivity contribution < 1.29 is 44.9 Å². The van der Waals surface area contributed by atoms with Gasteiger partial charge in [0.25, 0.3) is 0 Å². The summed E-state index contributed by atoms with van der Waals surface area (Å²) in [6, 6.07) is 8.79. The van der Waals surface area contributed by atoms with Crippen molar-refractivity contribution in [1.82, 2.24) is 10.6 Å². The maximum Gasteiger partial charge on any atom is 0.145 e. The number of aldehydes is 1. The van der Waals surface area contributed by atoms with Crippen molar-refractivity contribution in [2.24, 2.45) is 35.0 Å². The largest absolute Gasteiger partial charge is 0.396 e. The SMILES string of the molecule is C=C(/C=C/C=C(/COC[C@H](O)CO)[C@@H]1CC[C@]2([C@@H]1O)[C@@H]1C(=C(C)C=O)[C@@H](C=C[C@H]1CCO)C[C@]2(O)CCNC)[C@H]1C/C=C(\C)CN[C@](CCCO)(CCOC)Cc2cccc(c2)C1. The molecule has 350 valence electrons. The molecule has 0 radical (unpaired) electrons. The van der Waals surface area contributed by atoms with E-state index in [9.17, 15) is 35.4 Å². The van der Waals surface area contributed by atoms with Crippen LogP contribution in [0.25, 0.3) is 0 Å². The van der Waals surface area contributed by atoms with Gasteiger partial charge in [-0.2, -0.15) is 0 Å². The number of methoxy groups -OCH3 is 1. The Kier molecular flexibility index (Phi) is 19.3. The molecule has 0 amide bonds. The summed E-state index contributed by atoms with van der Waals surface area (Å²) in [4.78, 5) is 12.5. The monoisotopic (exact) mass is 875 g/mol. The van der Waals surface area contributed by atoms with Crippen LogP contribution < -0.4 is 10.6 Å². The van der Waals surface area contributed by atoms with Gasteiger partial charge in [-0.3, -0.25) is 4.79 Å². The molecule has 0 unspecified atom stereocenters.